The standard InChI is InChI=1S/C16H20ClN5O2/c1-10-3-4-12(9-13(10)17)19-15(23)18-11-5-6-14-20-21(2)16(24)22(14)8-7-11/h3-4,9,11H,5-8H2,1-2H3,(H2,18,19,23). The molecule has 0 spiro atoms. The predicted molar refractivity (Wildman–Crippen MR) is 92.5 cm³/mol. The lowest BCUT2D eigenvalue weighted by Gasteiger charge is -2.16. The number of benzene rings is 1. The van der Waals surface area contributed by atoms with Crippen LogP contribution in [0.5, 0.6) is 0 Å². The van der Waals surface area contributed by atoms with E-state index in [0.29, 0.717) is 30.1 Å². The van der Waals surface area contributed by atoms with Crippen molar-refractivity contribution in [3.8, 4) is 0 Å². The van der Waals surface area contributed by atoms with Crippen molar-refractivity contribution in [3.05, 3.63) is 45.1 Å². The van der Waals surface area contributed by atoms with Crippen molar-refractivity contribution < 1.29 is 4.79 Å². The van der Waals surface area contributed by atoms with Crippen LogP contribution in [0.25, 0.3) is 0 Å². The first kappa shape index (κ1) is 16.6. The number of hydrogen-bond donors (Lipinski definition) is 2. The minimum absolute atomic E-state index is 0.00248. The molecule has 1 atom stereocenters. The van der Waals surface area contributed by atoms with E-state index in [2.05, 4.69) is 15.7 Å². The maximum Gasteiger partial charge on any atom is 0.345 e. The fourth-order valence-corrected chi connectivity index (χ4v) is 3.05. The van der Waals surface area contributed by atoms with Gasteiger partial charge >= 0.3 is 11.7 Å². The van der Waals surface area contributed by atoms with Crippen LogP contribution in [0, 0.1) is 6.92 Å². The van der Waals surface area contributed by atoms with Crippen LogP contribution in [0.2, 0.25) is 5.02 Å². The van der Waals surface area contributed by atoms with Gasteiger partial charge in [0, 0.05) is 36.8 Å². The predicted octanol–water partition coefficient (Wildman–Crippen LogP) is 2.07. The number of halogens is 1. The van der Waals surface area contributed by atoms with E-state index in [1.807, 2.05) is 19.1 Å². The molecule has 1 unspecified atom stereocenters. The molecule has 1 aliphatic rings. The smallest absolute Gasteiger partial charge is 0.335 e. The monoisotopic (exact) mass is 349 g/mol. The summed E-state index contributed by atoms with van der Waals surface area (Å²) in [5.41, 5.74) is 1.50. The Morgan fingerprint density at radius 1 is 1.38 bits per heavy atom. The van der Waals surface area contributed by atoms with Crippen LogP contribution < -0.4 is 16.3 Å². The number of aromatic nitrogens is 3. The Hall–Kier alpha value is -2.28. The molecule has 128 valence electrons. The molecule has 0 saturated heterocycles. The Labute approximate surface area is 144 Å². The third-order valence-corrected chi connectivity index (χ3v) is 4.67. The summed E-state index contributed by atoms with van der Waals surface area (Å²) in [6.07, 6.45) is 2.11. The van der Waals surface area contributed by atoms with Crippen LogP contribution >= 0.6 is 11.6 Å². The van der Waals surface area contributed by atoms with E-state index in [-0.39, 0.29) is 17.8 Å². The second-order valence-electron chi connectivity index (χ2n) is 6.06. The van der Waals surface area contributed by atoms with Crippen molar-refractivity contribution in [2.45, 2.75) is 38.8 Å². The van der Waals surface area contributed by atoms with Crippen molar-refractivity contribution in [1.29, 1.82) is 0 Å². The molecule has 2 heterocycles. The van der Waals surface area contributed by atoms with Gasteiger partial charge in [-0.2, -0.15) is 5.10 Å². The maximum absolute atomic E-state index is 12.2. The van der Waals surface area contributed by atoms with Gasteiger partial charge in [-0.05, 0) is 37.5 Å². The number of nitrogens with one attached hydrogen (secondary N) is 2. The van der Waals surface area contributed by atoms with Gasteiger partial charge in [0.25, 0.3) is 0 Å². The zero-order chi connectivity index (χ0) is 17.3. The quantitative estimate of drug-likeness (QED) is 0.870. The average molecular weight is 350 g/mol. The number of fused-ring (bicyclic) bond motifs is 1. The first-order chi connectivity index (χ1) is 11.4. The van der Waals surface area contributed by atoms with Crippen LogP contribution in [0.1, 0.15) is 24.2 Å². The summed E-state index contributed by atoms with van der Waals surface area (Å²) in [4.78, 5) is 24.1. The first-order valence-corrected chi connectivity index (χ1v) is 8.28. The molecule has 2 N–H and O–H groups in total. The molecule has 1 aromatic heterocycles. The molecular weight excluding hydrogens is 330 g/mol. The number of carbonyl (C=O) groups is 1. The normalized spacial score (nSPS) is 17.0. The molecule has 0 fully saturated rings. The summed E-state index contributed by atoms with van der Waals surface area (Å²) in [7, 11) is 1.65. The molecule has 1 aromatic carbocycles. The van der Waals surface area contributed by atoms with Crippen LogP contribution in [-0.4, -0.2) is 26.4 Å². The Kier molecular flexibility index (Phi) is 4.62. The molecule has 1 aliphatic heterocycles. The van der Waals surface area contributed by atoms with Crippen LogP contribution in [0.3, 0.4) is 0 Å². The van der Waals surface area contributed by atoms with Gasteiger partial charge in [-0.25, -0.2) is 14.3 Å². The summed E-state index contributed by atoms with van der Waals surface area (Å²) in [6, 6.07) is 5.12. The summed E-state index contributed by atoms with van der Waals surface area (Å²) < 4.78 is 3.04. The van der Waals surface area contributed by atoms with Crippen molar-refractivity contribution >= 4 is 23.3 Å². The molecule has 0 bridgehead atoms. The molecule has 2 aromatic rings. The molecule has 0 radical (unpaired) electrons. The molecule has 0 saturated carbocycles. The fraction of sp³-hybridized carbons (Fsp3) is 0.438. The molecule has 3 rings (SSSR count). The van der Waals surface area contributed by atoms with E-state index in [9.17, 15) is 9.59 Å². The Balaban J connectivity index is 1.59. The van der Waals surface area contributed by atoms with Gasteiger partial charge in [0.05, 0.1) is 0 Å². The first-order valence-electron chi connectivity index (χ1n) is 7.90. The summed E-state index contributed by atoms with van der Waals surface area (Å²) in [6.45, 7) is 2.47. The molecule has 8 heteroatoms. The van der Waals surface area contributed by atoms with Gasteiger partial charge in [0.1, 0.15) is 5.82 Å². The van der Waals surface area contributed by atoms with Gasteiger partial charge in [0.15, 0.2) is 0 Å². The second-order valence-corrected chi connectivity index (χ2v) is 6.47. The van der Waals surface area contributed by atoms with Crippen LogP contribution in [0.15, 0.2) is 23.0 Å². The van der Waals surface area contributed by atoms with E-state index in [1.165, 1.54) is 4.68 Å². The summed E-state index contributed by atoms with van der Waals surface area (Å²) in [5, 5.41) is 10.6. The van der Waals surface area contributed by atoms with Crippen molar-refractivity contribution in [1.82, 2.24) is 19.7 Å². The van der Waals surface area contributed by atoms with E-state index in [0.717, 1.165) is 17.8 Å². The molecule has 2 amide bonds. The van der Waals surface area contributed by atoms with Gasteiger partial charge in [0.2, 0.25) is 0 Å². The van der Waals surface area contributed by atoms with Crippen molar-refractivity contribution in [3.63, 3.8) is 0 Å². The second kappa shape index (κ2) is 6.68. The summed E-state index contributed by atoms with van der Waals surface area (Å²) >= 11 is 6.06. The van der Waals surface area contributed by atoms with E-state index in [1.54, 1.807) is 17.7 Å². The number of rotatable bonds is 2. The summed E-state index contributed by atoms with van der Waals surface area (Å²) in [5.74, 6) is 0.775. The SMILES string of the molecule is Cc1ccc(NC(=O)NC2CCc3nn(C)c(=O)n3CC2)cc1Cl. The molecule has 0 aliphatic carbocycles. The lowest BCUT2D eigenvalue weighted by atomic mass is 10.1. The highest BCUT2D eigenvalue weighted by atomic mass is 35.5. The number of carbonyl (C=O) groups excluding carboxylic acids is 1. The number of aryl methyl sites for hydroxylation is 3. The lowest BCUT2D eigenvalue weighted by molar-refractivity contribution is 0.247. The van der Waals surface area contributed by atoms with Gasteiger partial charge in [-0.15, -0.1) is 0 Å². The highest BCUT2D eigenvalue weighted by molar-refractivity contribution is 6.31. The third-order valence-electron chi connectivity index (χ3n) is 4.27. The maximum atomic E-state index is 12.2. The van der Waals surface area contributed by atoms with E-state index in [4.69, 9.17) is 11.6 Å². The number of nitrogens with zero attached hydrogens (tertiary/aromatic N) is 3. The highest BCUT2D eigenvalue weighted by Crippen LogP contribution is 2.20. The fourth-order valence-electron chi connectivity index (χ4n) is 2.86. The number of amides is 2. The molecule has 7 nitrogen and oxygen atoms in total. The zero-order valence-corrected chi connectivity index (χ0v) is 14.4. The Bertz CT molecular complexity index is 826. The minimum Gasteiger partial charge on any atom is -0.335 e. The van der Waals surface area contributed by atoms with E-state index < -0.39 is 0 Å². The van der Waals surface area contributed by atoms with Gasteiger partial charge in [-0.1, -0.05) is 17.7 Å². The van der Waals surface area contributed by atoms with Crippen LogP contribution in [-0.2, 0) is 20.0 Å². The van der Waals surface area contributed by atoms with Gasteiger partial charge in [-0.3, -0.25) is 4.57 Å². The average Bonchev–Trinajstić information content (AvgIpc) is 2.69. The van der Waals surface area contributed by atoms with Crippen molar-refractivity contribution in [2.24, 2.45) is 7.05 Å². The lowest BCUT2D eigenvalue weighted by Crippen LogP contribution is -2.38. The van der Waals surface area contributed by atoms with Gasteiger partial charge < -0.3 is 10.6 Å². The highest BCUT2D eigenvalue weighted by Gasteiger charge is 2.21. The molecular formula is C16H20ClN5O2. The van der Waals surface area contributed by atoms with Crippen LogP contribution in [0.4, 0.5) is 10.5 Å². The zero-order valence-electron chi connectivity index (χ0n) is 13.7. The number of hydrogen-bond acceptors (Lipinski definition) is 3. The largest absolute Gasteiger partial charge is 0.345 e. The third kappa shape index (κ3) is 3.46. The molecule has 24 heavy (non-hydrogen) atoms. The van der Waals surface area contributed by atoms with E-state index >= 15 is 0 Å². The topological polar surface area (TPSA) is 81.0 Å². The Morgan fingerprint density at radius 3 is 2.92 bits per heavy atom. The number of urea groups is 1. The number of anilines is 1. The Morgan fingerprint density at radius 2 is 2.17 bits per heavy atom. The van der Waals surface area contributed by atoms with Crippen molar-refractivity contribution in [2.75, 3.05) is 5.32 Å². The minimum atomic E-state index is -0.271.